The molecule has 3 heteroatoms. The zero-order chi connectivity index (χ0) is 11.6. The zero-order valence-corrected chi connectivity index (χ0v) is 12.8. The van der Waals surface area contributed by atoms with E-state index in [1.54, 1.807) is 0 Å². The van der Waals surface area contributed by atoms with E-state index >= 15 is 0 Å². The van der Waals surface area contributed by atoms with Crippen molar-refractivity contribution in [1.29, 1.82) is 0 Å². The van der Waals surface area contributed by atoms with Crippen molar-refractivity contribution in [2.45, 2.75) is 43.7 Å². The van der Waals surface area contributed by atoms with Crippen LogP contribution in [0.5, 0.6) is 0 Å². The molecule has 0 fully saturated rings. The fourth-order valence-electron chi connectivity index (χ4n) is 1.70. The minimum Gasteiger partial charge on any atom is -0.308 e. The van der Waals surface area contributed by atoms with Crippen molar-refractivity contribution in [2.24, 2.45) is 0 Å². The highest BCUT2D eigenvalue weighted by Gasteiger charge is 2.32. The molecule has 0 bridgehead atoms. The molecule has 0 unspecified atom stereocenters. The average Bonchev–Trinajstić information content (AvgIpc) is 1.78. The van der Waals surface area contributed by atoms with Crippen molar-refractivity contribution in [3.63, 3.8) is 0 Å². The Kier molecular flexibility index (Phi) is 5.36. The summed E-state index contributed by atoms with van der Waals surface area (Å²) >= 11 is 2.52. The minimum atomic E-state index is 0.214. The third-order valence-corrected chi connectivity index (χ3v) is 2.80. The maximum Gasteiger partial charge on any atom is 0.0677 e. The average molecular weight is 312 g/mol. The molecule has 2 nitrogen and oxygen atoms in total. The topological polar surface area (TPSA) is 6.48 Å². The van der Waals surface area contributed by atoms with Gasteiger partial charge < -0.3 is 4.90 Å². The van der Waals surface area contributed by atoms with Crippen molar-refractivity contribution >= 4 is 22.6 Å². The highest BCUT2D eigenvalue weighted by Crippen LogP contribution is 2.29. The van der Waals surface area contributed by atoms with Gasteiger partial charge in [-0.1, -0.05) is 22.6 Å². The number of alkyl halides is 1. The summed E-state index contributed by atoms with van der Waals surface area (Å²) in [5.74, 6) is 0. The minimum absolute atomic E-state index is 0.214. The Hall–Kier alpha value is 0.650. The van der Waals surface area contributed by atoms with E-state index in [9.17, 15) is 0 Å². The molecule has 0 aromatic carbocycles. The largest absolute Gasteiger partial charge is 0.308 e. The lowest BCUT2D eigenvalue weighted by atomic mass is 10.0. The molecular weight excluding hydrogens is 287 g/mol. The molecular formula is C11H25IN2. The van der Waals surface area contributed by atoms with Crippen LogP contribution in [-0.4, -0.2) is 46.1 Å². The smallest absolute Gasteiger partial charge is 0.0677 e. The third kappa shape index (κ3) is 5.51. The van der Waals surface area contributed by atoms with Crippen LogP contribution in [0.1, 0.15) is 34.6 Å². The second-order valence-electron chi connectivity index (χ2n) is 5.54. The van der Waals surface area contributed by atoms with Crippen LogP contribution in [0.3, 0.4) is 0 Å². The van der Waals surface area contributed by atoms with Gasteiger partial charge >= 0.3 is 0 Å². The lowest BCUT2D eigenvalue weighted by Gasteiger charge is -2.44. The first-order valence-corrected chi connectivity index (χ1v) is 6.24. The van der Waals surface area contributed by atoms with Gasteiger partial charge in [0.05, 0.1) is 3.55 Å². The lowest BCUT2D eigenvalue weighted by molar-refractivity contribution is 0.0816. The van der Waals surface area contributed by atoms with Gasteiger partial charge in [-0.15, -0.1) is 0 Å². The molecule has 0 heterocycles. The highest BCUT2D eigenvalue weighted by molar-refractivity contribution is 14.1. The third-order valence-electron chi connectivity index (χ3n) is 2.22. The Morgan fingerprint density at radius 3 is 1.57 bits per heavy atom. The van der Waals surface area contributed by atoms with E-state index in [1.165, 1.54) is 0 Å². The summed E-state index contributed by atoms with van der Waals surface area (Å²) in [4.78, 5) is 4.78. The number of rotatable bonds is 4. The Morgan fingerprint density at radius 1 is 0.929 bits per heavy atom. The molecule has 0 amide bonds. The van der Waals surface area contributed by atoms with E-state index < -0.39 is 0 Å². The van der Waals surface area contributed by atoms with Crippen LogP contribution >= 0.6 is 22.6 Å². The Labute approximate surface area is 103 Å². The van der Waals surface area contributed by atoms with E-state index in [4.69, 9.17) is 0 Å². The van der Waals surface area contributed by atoms with Gasteiger partial charge in [0.2, 0.25) is 0 Å². The molecule has 0 N–H and O–H groups in total. The number of halogens is 1. The number of likely N-dealkylation sites (N-methyl/N-ethyl adjacent to an activating group) is 1. The predicted octanol–water partition coefficient (Wildman–Crippen LogP) is 2.82. The van der Waals surface area contributed by atoms with Crippen molar-refractivity contribution in [3.8, 4) is 0 Å². The maximum absolute atomic E-state index is 2.54. The molecule has 0 aliphatic carbocycles. The highest BCUT2D eigenvalue weighted by atomic mass is 127. The fraction of sp³-hybridized carbons (Fsp3) is 1.00. The van der Waals surface area contributed by atoms with E-state index in [-0.39, 0.29) is 9.08 Å². The quantitative estimate of drug-likeness (QED) is 0.447. The molecule has 86 valence electrons. The molecule has 0 spiro atoms. The zero-order valence-electron chi connectivity index (χ0n) is 10.7. The molecule has 0 aromatic rings. The summed E-state index contributed by atoms with van der Waals surface area (Å²) in [5, 5.41) is 0. The number of hydrogen-bond donors (Lipinski definition) is 0. The summed E-state index contributed by atoms with van der Waals surface area (Å²) in [7, 11) is 4.25. The number of nitrogens with zero attached hydrogens (tertiary/aromatic N) is 2. The normalized spacial score (nSPS) is 14.1. The van der Waals surface area contributed by atoms with E-state index in [1.807, 2.05) is 0 Å². The second-order valence-corrected chi connectivity index (χ2v) is 8.18. The lowest BCUT2D eigenvalue weighted by Crippen LogP contribution is -2.52. The van der Waals surface area contributed by atoms with Crippen molar-refractivity contribution in [3.05, 3.63) is 0 Å². The fourth-order valence-corrected chi connectivity index (χ4v) is 2.66. The van der Waals surface area contributed by atoms with Gasteiger partial charge in [-0.05, 0) is 48.7 Å². The Bertz CT molecular complexity index is 151. The van der Waals surface area contributed by atoms with Gasteiger partial charge in [0.1, 0.15) is 0 Å². The van der Waals surface area contributed by atoms with Gasteiger partial charge in [-0.2, -0.15) is 0 Å². The van der Waals surface area contributed by atoms with Crippen LogP contribution in [0.25, 0.3) is 0 Å². The summed E-state index contributed by atoms with van der Waals surface area (Å²) in [6.45, 7) is 13.6. The standard InChI is InChI=1S/C11H25IN2/c1-10(2,3)14(11(4,5)12)9-8-13(6)7/h8-9H2,1-7H3. The second kappa shape index (κ2) is 5.12. The molecule has 0 aliphatic heterocycles. The molecule has 0 atom stereocenters. The van der Waals surface area contributed by atoms with Crippen LogP contribution in [0.2, 0.25) is 0 Å². The first-order chi connectivity index (χ1) is 6.05. The summed E-state index contributed by atoms with van der Waals surface area (Å²) in [6.07, 6.45) is 0. The summed E-state index contributed by atoms with van der Waals surface area (Å²) in [6, 6.07) is 0. The van der Waals surface area contributed by atoms with Crippen LogP contribution in [0, 0.1) is 0 Å². The van der Waals surface area contributed by atoms with Crippen molar-refractivity contribution < 1.29 is 0 Å². The predicted molar refractivity (Wildman–Crippen MR) is 73.1 cm³/mol. The Balaban J connectivity index is 4.44. The van der Waals surface area contributed by atoms with Crippen LogP contribution in [0.4, 0.5) is 0 Å². The van der Waals surface area contributed by atoms with E-state index in [0.717, 1.165) is 13.1 Å². The molecule has 0 rings (SSSR count). The first-order valence-electron chi connectivity index (χ1n) is 5.16. The van der Waals surface area contributed by atoms with E-state index in [2.05, 4.69) is 81.1 Å². The molecule has 0 saturated heterocycles. The summed E-state index contributed by atoms with van der Waals surface area (Å²) < 4.78 is 0.214. The van der Waals surface area contributed by atoms with Gasteiger partial charge in [0.25, 0.3) is 0 Å². The van der Waals surface area contributed by atoms with Gasteiger partial charge in [0.15, 0.2) is 0 Å². The molecule has 0 radical (unpaired) electrons. The van der Waals surface area contributed by atoms with E-state index in [0.29, 0.717) is 0 Å². The monoisotopic (exact) mass is 312 g/mol. The van der Waals surface area contributed by atoms with Crippen LogP contribution in [-0.2, 0) is 0 Å². The van der Waals surface area contributed by atoms with Crippen LogP contribution < -0.4 is 0 Å². The molecule has 0 saturated carbocycles. The van der Waals surface area contributed by atoms with Crippen LogP contribution in [0.15, 0.2) is 0 Å². The molecule has 14 heavy (non-hydrogen) atoms. The van der Waals surface area contributed by atoms with Gasteiger partial charge in [-0.3, -0.25) is 4.90 Å². The number of hydrogen-bond acceptors (Lipinski definition) is 2. The SMILES string of the molecule is CN(C)CCN(C(C)(C)C)C(C)(C)I. The van der Waals surface area contributed by atoms with Crippen molar-refractivity contribution in [2.75, 3.05) is 27.2 Å². The molecule has 0 aromatic heterocycles. The van der Waals surface area contributed by atoms with Crippen molar-refractivity contribution in [1.82, 2.24) is 9.80 Å². The van der Waals surface area contributed by atoms with Gasteiger partial charge in [-0.25, -0.2) is 0 Å². The first kappa shape index (κ1) is 14.6. The maximum atomic E-state index is 2.54. The summed E-state index contributed by atoms with van der Waals surface area (Å²) in [5.41, 5.74) is 0.237. The van der Waals surface area contributed by atoms with Gasteiger partial charge in [0, 0.05) is 18.6 Å². The molecule has 0 aliphatic rings. The Morgan fingerprint density at radius 2 is 1.36 bits per heavy atom.